The number of hydrogen-bond acceptors (Lipinski definition) is 4. The Morgan fingerprint density at radius 2 is 2.08 bits per heavy atom. The molecule has 0 aromatic heterocycles. The van der Waals surface area contributed by atoms with Gasteiger partial charge in [-0.15, -0.1) is 0 Å². The van der Waals surface area contributed by atoms with E-state index < -0.39 is 11.3 Å². The second-order valence-electron chi connectivity index (χ2n) is 3.83. The van der Waals surface area contributed by atoms with Crippen LogP contribution in [0.5, 0.6) is 0 Å². The summed E-state index contributed by atoms with van der Waals surface area (Å²) in [4.78, 5) is 9.85. The van der Waals surface area contributed by atoms with Gasteiger partial charge in [-0.25, -0.2) is 4.99 Å². The fourth-order valence-corrected chi connectivity index (χ4v) is 1.26. The van der Waals surface area contributed by atoms with E-state index in [4.69, 9.17) is 9.57 Å². The second-order valence-corrected chi connectivity index (χ2v) is 3.83. The summed E-state index contributed by atoms with van der Waals surface area (Å²) < 4.78 is 5.60. The maximum atomic E-state index is 5.60. The number of hydroxylamine groups is 1. The van der Waals surface area contributed by atoms with E-state index in [-0.39, 0.29) is 0 Å². The molecule has 4 nitrogen and oxygen atoms in total. The van der Waals surface area contributed by atoms with Crippen molar-refractivity contribution in [1.29, 1.82) is 0 Å². The molecule has 0 aromatic carbocycles. The molecule has 1 N–H and O–H groups in total. The van der Waals surface area contributed by atoms with Gasteiger partial charge in [-0.3, -0.25) is 10.3 Å². The number of ether oxygens (including phenoxy) is 1. The fourth-order valence-electron chi connectivity index (χ4n) is 1.26. The molecule has 1 aliphatic rings. The van der Waals surface area contributed by atoms with E-state index in [0.717, 1.165) is 5.84 Å². The molecule has 0 saturated heterocycles. The monoisotopic (exact) mass is 186 g/mol. The number of nitrogens with one attached hydrogen (secondary N) is 1. The average molecular weight is 186 g/mol. The highest BCUT2D eigenvalue weighted by atomic mass is 16.7. The smallest absolute Gasteiger partial charge is 0.188 e. The minimum absolute atomic E-state index is 0.456. The van der Waals surface area contributed by atoms with Gasteiger partial charge in [0.15, 0.2) is 5.72 Å². The van der Waals surface area contributed by atoms with Crippen LogP contribution in [-0.4, -0.2) is 23.8 Å². The molecule has 76 valence electrons. The summed E-state index contributed by atoms with van der Waals surface area (Å²) in [6.45, 7) is 10.3. The lowest BCUT2D eigenvalue weighted by atomic mass is 9.96. The zero-order valence-corrected chi connectivity index (χ0v) is 8.97. The molecule has 0 radical (unpaired) electrons. The van der Waals surface area contributed by atoms with Crippen molar-refractivity contribution in [2.24, 2.45) is 4.99 Å². The minimum Gasteiger partial charge on any atom is -0.351 e. The average Bonchev–Trinajstić information content (AvgIpc) is 1.99. The Morgan fingerprint density at radius 3 is 2.62 bits per heavy atom. The van der Waals surface area contributed by atoms with E-state index in [1.54, 1.807) is 0 Å². The molecule has 0 aliphatic carbocycles. The lowest BCUT2D eigenvalue weighted by Crippen LogP contribution is -2.57. The van der Waals surface area contributed by atoms with Gasteiger partial charge in [-0.05, 0) is 34.6 Å². The van der Waals surface area contributed by atoms with Gasteiger partial charge in [-0.1, -0.05) is 0 Å². The SMILES string of the molecule is CCOC1(C)N=C(C)NOC1(C)C. The number of hydrogen-bond donors (Lipinski definition) is 1. The molecule has 0 bridgehead atoms. The minimum atomic E-state index is -0.600. The lowest BCUT2D eigenvalue weighted by molar-refractivity contribution is -0.206. The van der Waals surface area contributed by atoms with Crippen LogP contribution >= 0.6 is 0 Å². The molecular weight excluding hydrogens is 168 g/mol. The number of nitrogens with zero attached hydrogens (tertiary/aromatic N) is 1. The van der Waals surface area contributed by atoms with Crippen LogP contribution in [0.25, 0.3) is 0 Å². The van der Waals surface area contributed by atoms with E-state index in [1.807, 2.05) is 34.6 Å². The summed E-state index contributed by atoms with van der Waals surface area (Å²) in [5.41, 5.74) is 1.70. The Hall–Kier alpha value is -0.610. The largest absolute Gasteiger partial charge is 0.351 e. The standard InChI is InChI=1S/C9H18N2O2/c1-6-12-9(5)8(3,4)13-11-7(2)10-9/h6H2,1-5H3,(H,10,11). The van der Waals surface area contributed by atoms with Crippen molar-refractivity contribution in [2.75, 3.05) is 6.61 Å². The summed E-state index contributed by atoms with van der Waals surface area (Å²) in [5.74, 6) is 0.746. The summed E-state index contributed by atoms with van der Waals surface area (Å²) in [5, 5.41) is 0. The maximum absolute atomic E-state index is 5.60. The van der Waals surface area contributed by atoms with Gasteiger partial charge in [0.2, 0.25) is 0 Å². The van der Waals surface area contributed by atoms with Crippen molar-refractivity contribution in [2.45, 2.75) is 45.9 Å². The van der Waals surface area contributed by atoms with Gasteiger partial charge in [0.25, 0.3) is 0 Å². The van der Waals surface area contributed by atoms with Crippen LogP contribution in [0.15, 0.2) is 4.99 Å². The van der Waals surface area contributed by atoms with Crippen molar-refractivity contribution >= 4 is 5.84 Å². The first kappa shape index (κ1) is 10.5. The highest BCUT2D eigenvalue weighted by Crippen LogP contribution is 2.32. The number of amidine groups is 1. The molecule has 1 rings (SSSR count). The molecule has 0 saturated carbocycles. The zero-order chi connectivity index (χ0) is 10.1. The van der Waals surface area contributed by atoms with Crippen LogP contribution in [0.2, 0.25) is 0 Å². The third kappa shape index (κ3) is 1.84. The van der Waals surface area contributed by atoms with Crippen molar-refractivity contribution in [3.05, 3.63) is 0 Å². The predicted molar refractivity (Wildman–Crippen MR) is 51.4 cm³/mol. The molecule has 4 heteroatoms. The lowest BCUT2D eigenvalue weighted by Gasteiger charge is -2.43. The van der Waals surface area contributed by atoms with Gasteiger partial charge in [0.1, 0.15) is 11.4 Å². The topological polar surface area (TPSA) is 42.8 Å². The van der Waals surface area contributed by atoms with Crippen LogP contribution < -0.4 is 5.48 Å². The first-order chi connectivity index (χ1) is 5.91. The van der Waals surface area contributed by atoms with Gasteiger partial charge in [0, 0.05) is 6.61 Å². The normalized spacial score (nSPS) is 32.2. The quantitative estimate of drug-likeness (QED) is 0.710. The van der Waals surface area contributed by atoms with Gasteiger partial charge in [-0.2, -0.15) is 0 Å². The van der Waals surface area contributed by atoms with Crippen LogP contribution in [0, 0.1) is 0 Å². The van der Waals surface area contributed by atoms with Crippen LogP contribution in [0.1, 0.15) is 34.6 Å². The molecule has 1 aliphatic heterocycles. The van der Waals surface area contributed by atoms with Crippen molar-refractivity contribution in [3.63, 3.8) is 0 Å². The number of rotatable bonds is 2. The van der Waals surface area contributed by atoms with Gasteiger partial charge < -0.3 is 4.74 Å². The van der Waals surface area contributed by atoms with E-state index in [1.165, 1.54) is 0 Å². The fraction of sp³-hybridized carbons (Fsp3) is 0.889. The molecule has 1 heterocycles. The Bertz CT molecular complexity index is 226. The summed E-state index contributed by atoms with van der Waals surface area (Å²) in [7, 11) is 0. The maximum Gasteiger partial charge on any atom is 0.188 e. The molecule has 0 spiro atoms. The summed E-state index contributed by atoms with van der Waals surface area (Å²) >= 11 is 0. The third-order valence-electron chi connectivity index (χ3n) is 2.38. The highest BCUT2D eigenvalue weighted by Gasteiger charge is 2.46. The molecule has 0 aromatic rings. The molecule has 0 amide bonds. The molecule has 0 fully saturated rings. The second kappa shape index (κ2) is 3.27. The Kier molecular flexibility index (Phi) is 2.63. The predicted octanol–water partition coefficient (Wildman–Crippen LogP) is 1.47. The first-order valence-corrected chi connectivity index (χ1v) is 4.56. The summed E-state index contributed by atoms with van der Waals surface area (Å²) in [6, 6.07) is 0. The third-order valence-corrected chi connectivity index (χ3v) is 2.38. The van der Waals surface area contributed by atoms with E-state index in [9.17, 15) is 0 Å². The number of aliphatic imine (C=N–C) groups is 1. The Morgan fingerprint density at radius 1 is 1.46 bits per heavy atom. The molecule has 13 heavy (non-hydrogen) atoms. The van der Waals surface area contributed by atoms with Crippen LogP contribution in [0.3, 0.4) is 0 Å². The zero-order valence-electron chi connectivity index (χ0n) is 8.97. The first-order valence-electron chi connectivity index (χ1n) is 4.56. The van der Waals surface area contributed by atoms with Crippen molar-refractivity contribution in [1.82, 2.24) is 5.48 Å². The summed E-state index contributed by atoms with van der Waals surface area (Å²) in [6.07, 6.45) is 0. The molecule has 1 atom stereocenters. The van der Waals surface area contributed by atoms with Gasteiger partial charge in [0.05, 0.1) is 0 Å². The Balaban J connectivity index is 2.93. The van der Waals surface area contributed by atoms with Crippen LogP contribution in [0.4, 0.5) is 0 Å². The highest BCUT2D eigenvalue weighted by molar-refractivity contribution is 5.79. The van der Waals surface area contributed by atoms with E-state index >= 15 is 0 Å². The van der Waals surface area contributed by atoms with E-state index in [2.05, 4.69) is 10.5 Å². The van der Waals surface area contributed by atoms with Crippen molar-refractivity contribution in [3.8, 4) is 0 Å². The van der Waals surface area contributed by atoms with Crippen molar-refractivity contribution < 1.29 is 9.57 Å². The molecular formula is C9H18N2O2. The van der Waals surface area contributed by atoms with Crippen LogP contribution in [-0.2, 0) is 9.57 Å². The molecule has 1 unspecified atom stereocenters. The van der Waals surface area contributed by atoms with Gasteiger partial charge >= 0.3 is 0 Å². The van der Waals surface area contributed by atoms with E-state index in [0.29, 0.717) is 6.61 Å². The Labute approximate surface area is 79.3 Å².